The van der Waals surface area contributed by atoms with Gasteiger partial charge < -0.3 is 9.47 Å². The molecule has 0 atom stereocenters. The Hall–Kier alpha value is -1.78. The molecule has 5 heteroatoms. The molecule has 23 heavy (non-hydrogen) atoms. The summed E-state index contributed by atoms with van der Waals surface area (Å²) in [4.78, 5) is 11.3. The van der Waals surface area contributed by atoms with Gasteiger partial charge in [0.05, 0.1) is 11.6 Å². The van der Waals surface area contributed by atoms with Gasteiger partial charge in [0.25, 0.3) is 0 Å². The molecule has 0 unspecified atom stereocenters. The van der Waals surface area contributed by atoms with Gasteiger partial charge in [-0.15, -0.1) is 0 Å². The normalized spacial score (nSPS) is 10.7. The van der Waals surface area contributed by atoms with Gasteiger partial charge in [0.15, 0.2) is 0 Å². The SMILES string of the molecule is CCOC(=O)/C=C/c1ccc(OCc2cccc(Br)c2)c(Cl)c1. The summed E-state index contributed by atoms with van der Waals surface area (Å²) in [6.45, 7) is 2.55. The number of ether oxygens (including phenoxy) is 2. The molecule has 0 fully saturated rings. The fourth-order valence-electron chi connectivity index (χ4n) is 1.88. The van der Waals surface area contributed by atoms with Crippen LogP contribution in [0.1, 0.15) is 18.1 Å². The number of hydrogen-bond acceptors (Lipinski definition) is 3. The molecule has 0 aliphatic carbocycles. The molecule has 0 aliphatic rings. The van der Waals surface area contributed by atoms with Crippen LogP contribution in [0, 0.1) is 0 Å². The number of carbonyl (C=O) groups excluding carboxylic acids is 1. The fourth-order valence-corrected chi connectivity index (χ4v) is 2.57. The molecule has 0 aliphatic heterocycles. The van der Waals surface area contributed by atoms with Crippen LogP contribution in [0.3, 0.4) is 0 Å². The molecule has 0 bridgehead atoms. The Morgan fingerprint density at radius 1 is 1.26 bits per heavy atom. The van der Waals surface area contributed by atoms with Gasteiger partial charge in [-0.25, -0.2) is 4.79 Å². The third-order valence-corrected chi connectivity index (χ3v) is 3.73. The molecule has 0 saturated heterocycles. The zero-order valence-corrected chi connectivity index (χ0v) is 14.9. The van der Waals surface area contributed by atoms with E-state index in [0.717, 1.165) is 15.6 Å². The summed E-state index contributed by atoms with van der Waals surface area (Å²) in [7, 11) is 0. The van der Waals surface area contributed by atoms with Crippen LogP contribution in [0.5, 0.6) is 5.75 Å². The summed E-state index contributed by atoms with van der Waals surface area (Å²) in [6, 6.07) is 13.2. The van der Waals surface area contributed by atoms with Crippen LogP contribution in [0.4, 0.5) is 0 Å². The Morgan fingerprint density at radius 2 is 2.09 bits per heavy atom. The smallest absolute Gasteiger partial charge is 0.330 e. The molecule has 0 N–H and O–H groups in total. The Balaban J connectivity index is 2.00. The predicted octanol–water partition coefficient (Wildman–Crippen LogP) is 5.26. The Morgan fingerprint density at radius 3 is 2.78 bits per heavy atom. The second kappa shape index (κ2) is 8.75. The molecule has 2 aromatic rings. The summed E-state index contributed by atoms with van der Waals surface area (Å²) in [5.41, 5.74) is 1.85. The zero-order chi connectivity index (χ0) is 16.7. The van der Waals surface area contributed by atoms with E-state index in [1.54, 1.807) is 25.1 Å². The number of rotatable bonds is 6. The molecule has 0 spiro atoms. The van der Waals surface area contributed by atoms with Crippen molar-refractivity contribution in [1.29, 1.82) is 0 Å². The van der Waals surface area contributed by atoms with Crippen molar-refractivity contribution in [2.24, 2.45) is 0 Å². The van der Waals surface area contributed by atoms with Crippen molar-refractivity contribution in [3.63, 3.8) is 0 Å². The van der Waals surface area contributed by atoms with Gasteiger partial charge in [-0.3, -0.25) is 0 Å². The van der Waals surface area contributed by atoms with Crippen molar-refractivity contribution in [3.8, 4) is 5.75 Å². The van der Waals surface area contributed by atoms with E-state index in [1.165, 1.54) is 6.08 Å². The molecule has 2 rings (SSSR count). The summed E-state index contributed by atoms with van der Waals surface area (Å²) >= 11 is 9.64. The van der Waals surface area contributed by atoms with Gasteiger partial charge >= 0.3 is 5.97 Å². The van der Waals surface area contributed by atoms with E-state index >= 15 is 0 Å². The average Bonchev–Trinajstić information content (AvgIpc) is 2.52. The molecular weight excluding hydrogens is 380 g/mol. The van der Waals surface area contributed by atoms with Gasteiger partial charge in [-0.05, 0) is 48.4 Å². The maximum absolute atomic E-state index is 11.3. The van der Waals surface area contributed by atoms with Crippen molar-refractivity contribution in [3.05, 3.63) is 69.2 Å². The monoisotopic (exact) mass is 394 g/mol. The van der Waals surface area contributed by atoms with Gasteiger partial charge in [-0.2, -0.15) is 0 Å². The average molecular weight is 396 g/mol. The van der Waals surface area contributed by atoms with Crippen molar-refractivity contribution >= 4 is 39.6 Å². The van der Waals surface area contributed by atoms with Crippen molar-refractivity contribution in [2.75, 3.05) is 6.61 Å². The minimum atomic E-state index is -0.376. The molecule has 0 amide bonds. The van der Waals surface area contributed by atoms with Gasteiger partial charge in [0.1, 0.15) is 12.4 Å². The lowest BCUT2D eigenvalue weighted by atomic mass is 10.2. The quantitative estimate of drug-likeness (QED) is 0.494. The maximum Gasteiger partial charge on any atom is 0.330 e. The maximum atomic E-state index is 11.3. The molecule has 0 saturated carbocycles. The van der Waals surface area contributed by atoms with Crippen molar-refractivity contribution in [2.45, 2.75) is 13.5 Å². The van der Waals surface area contributed by atoms with E-state index in [-0.39, 0.29) is 5.97 Å². The minimum Gasteiger partial charge on any atom is -0.487 e. The van der Waals surface area contributed by atoms with Crippen LogP contribution in [0.2, 0.25) is 5.02 Å². The molecule has 2 aromatic carbocycles. The topological polar surface area (TPSA) is 35.5 Å². The number of hydrogen-bond donors (Lipinski definition) is 0. The van der Waals surface area contributed by atoms with Gasteiger partial charge in [0, 0.05) is 10.5 Å². The molecule has 3 nitrogen and oxygen atoms in total. The largest absolute Gasteiger partial charge is 0.487 e. The van der Waals surface area contributed by atoms with Crippen LogP contribution in [0.25, 0.3) is 6.08 Å². The third kappa shape index (κ3) is 5.73. The fraction of sp³-hybridized carbons (Fsp3) is 0.167. The third-order valence-electron chi connectivity index (χ3n) is 2.94. The van der Waals surface area contributed by atoms with E-state index in [2.05, 4.69) is 15.9 Å². The Labute approximate surface area is 149 Å². The summed E-state index contributed by atoms with van der Waals surface area (Å²) in [6.07, 6.45) is 3.03. The molecule has 120 valence electrons. The van der Waals surface area contributed by atoms with E-state index in [1.807, 2.05) is 30.3 Å². The van der Waals surface area contributed by atoms with E-state index in [9.17, 15) is 4.79 Å². The minimum absolute atomic E-state index is 0.353. The highest BCUT2D eigenvalue weighted by Gasteiger charge is 2.04. The number of carbonyl (C=O) groups is 1. The lowest BCUT2D eigenvalue weighted by Gasteiger charge is -2.09. The van der Waals surface area contributed by atoms with Crippen LogP contribution >= 0.6 is 27.5 Å². The zero-order valence-electron chi connectivity index (χ0n) is 12.6. The molecule has 0 heterocycles. The first kappa shape index (κ1) is 17.6. The second-order valence-electron chi connectivity index (χ2n) is 4.69. The summed E-state index contributed by atoms with van der Waals surface area (Å²) in [5.74, 6) is 0.221. The van der Waals surface area contributed by atoms with Gasteiger partial charge in [0.2, 0.25) is 0 Å². The Kier molecular flexibility index (Phi) is 6.68. The lowest BCUT2D eigenvalue weighted by molar-refractivity contribution is -0.137. The van der Waals surface area contributed by atoms with Crippen LogP contribution in [-0.2, 0) is 16.1 Å². The van der Waals surface area contributed by atoms with Crippen LogP contribution in [0.15, 0.2) is 53.0 Å². The van der Waals surface area contributed by atoms with Crippen LogP contribution < -0.4 is 4.74 Å². The summed E-state index contributed by atoms with van der Waals surface area (Å²) in [5, 5.41) is 0.492. The van der Waals surface area contributed by atoms with E-state index in [4.69, 9.17) is 21.1 Å². The second-order valence-corrected chi connectivity index (χ2v) is 6.02. The first-order valence-electron chi connectivity index (χ1n) is 7.10. The van der Waals surface area contributed by atoms with E-state index in [0.29, 0.717) is 24.0 Å². The highest BCUT2D eigenvalue weighted by molar-refractivity contribution is 9.10. The predicted molar refractivity (Wildman–Crippen MR) is 95.6 cm³/mol. The van der Waals surface area contributed by atoms with E-state index < -0.39 is 0 Å². The molecule has 0 radical (unpaired) electrons. The van der Waals surface area contributed by atoms with Crippen LogP contribution in [-0.4, -0.2) is 12.6 Å². The van der Waals surface area contributed by atoms with Crippen molar-refractivity contribution in [1.82, 2.24) is 0 Å². The highest BCUT2D eigenvalue weighted by atomic mass is 79.9. The Bertz CT molecular complexity index is 713. The highest BCUT2D eigenvalue weighted by Crippen LogP contribution is 2.27. The first-order chi connectivity index (χ1) is 11.1. The number of halogens is 2. The standard InChI is InChI=1S/C18H16BrClO3/c1-2-22-18(21)9-7-13-6-8-17(16(20)11-13)23-12-14-4-3-5-15(19)10-14/h3-11H,2,12H2,1H3/b9-7+. The molecule has 0 aromatic heterocycles. The van der Waals surface area contributed by atoms with Crippen molar-refractivity contribution < 1.29 is 14.3 Å². The number of benzene rings is 2. The van der Waals surface area contributed by atoms with Gasteiger partial charge in [-0.1, -0.05) is 45.7 Å². The first-order valence-corrected chi connectivity index (χ1v) is 8.27. The summed E-state index contributed by atoms with van der Waals surface area (Å²) < 4.78 is 11.6. The molecular formula is C18H16BrClO3. The lowest BCUT2D eigenvalue weighted by Crippen LogP contribution is -1.98. The number of esters is 1.